The van der Waals surface area contributed by atoms with E-state index in [-0.39, 0.29) is 0 Å². The van der Waals surface area contributed by atoms with Gasteiger partial charge in [-0.15, -0.1) is 0 Å². The van der Waals surface area contributed by atoms with E-state index >= 15 is 0 Å². The summed E-state index contributed by atoms with van der Waals surface area (Å²) in [7, 11) is 2.06. The standard InChI is InChI=1S/C9H11Br2N/c1-7-3-4-8(11)5-9(7)12(2)6-10/h3-5H,6H2,1-2H3. The lowest BCUT2D eigenvalue weighted by molar-refractivity contribution is 1.09. The molecule has 1 rings (SSSR count). The maximum atomic E-state index is 3.45. The van der Waals surface area contributed by atoms with Gasteiger partial charge in [-0.1, -0.05) is 37.9 Å². The minimum Gasteiger partial charge on any atom is -0.364 e. The summed E-state index contributed by atoms with van der Waals surface area (Å²) < 4.78 is 1.12. The van der Waals surface area contributed by atoms with Crippen LogP contribution < -0.4 is 4.90 Å². The average Bonchev–Trinajstić information content (AvgIpc) is 2.08. The number of hydrogen-bond acceptors (Lipinski definition) is 1. The second-order valence-corrected chi connectivity index (χ2v) is 4.17. The smallest absolute Gasteiger partial charge is 0.0732 e. The van der Waals surface area contributed by atoms with Crippen LogP contribution in [0.3, 0.4) is 0 Å². The number of hydrogen-bond donors (Lipinski definition) is 0. The highest BCUT2D eigenvalue weighted by molar-refractivity contribution is 9.10. The lowest BCUT2D eigenvalue weighted by Crippen LogP contribution is -2.14. The van der Waals surface area contributed by atoms with Crippen LogP contribution in [0.2, 0.25) is 0 Å². The van der Waals surface area contributed by atoms with E-state index in [1.165, 1.54) is 11.3 Å². The zero-order chi connectivity index (χ0) is 9.14. The molecular formula is C9H11Br2N. The molecule has 0 aliphatic carbocycles. The first-order valence-corrected chi connectivity index (χ1v) is 5.60. The number of halogens is 2. The van der Waals surface area contributed by atoms with E-state index in [2.05, 4.69) is 68.9 Å². The predicted molar refractivity (Wildman–Crippen MR) is 61.1 cm³/mol. The van der Waals surface area contributed by atoms with Crippen molar-refractivity contribution in [2.75, 3.05) is 17.4 Å². The van der Waals surface area contributed by atoms with E-state index in [0.717, 1.165) is 9.93 Å². The Kier molecular flexibility index (Phi) is 3.59. The van der Waals surface area contributed by atoms with Crippen molar-refractivity contribution in [1.29, 1.82) is 0 Å². The molecule has 0 unspecified atom stereocenters. The molecule has 0 N–H and O–H groups in total. The van der Waals surface area contributed by atoms with Gasteiger partial charge in [0.05, 0.1) is 5.45 Å². The number of benzene rings is 1. The molecule has 0 aliphatic heterocycles. The van der Waals surface area contributed by atoms with Gasteiger partial charge >= 0.3 is 0 Å². The van der Waals surface area contributed by atoms with Gasteiger partial charge < -0.3 is 4.90 Å². The minimum absolute atomic E-state index is 0.851. The van der Waals surface area contributed by atoms with Crippen LogP contribution in [-0.2, 0) is 0 Å². The molecule has 0 saturated heterocycles. The summed E-state index contributed by atoms with van der Waals surface area (Å²) in [4.78, 5) is 2.15. The Morgan fingerprint density at radius 2 is 2.08 bits per heavy atom. The quantitative estimate of drug-likeness (QED) is 0.595. The lowest BCUT2D eigenvalue weighted by atomic mass is 10.2. The molecule has 0 aliphatic rings. The number of anilines is 1. The average molecular weight is 293 g/mol. The summed E-state index contributed by atoms with van der Waals surface area (Å²) in [6, 6.07) is 6.29. The van der Waals surface area contributed by atoms with Gasteiger partial charge in [0.1, 0.15) is 0 Å². The van der Waals surface area contributed by atoms with Crippen molar-refractivity contribution in [3.63, 3.8) is 0 Å². The summed E-state index contributed by atoms with van der Waals surface area (Å²) in [5, 5.41) is 0. The van der Waals surface area contributed by atoms with Crippen LogP contribution in [0.25, 0.3) is 0 Å². The Bertz CT molecular complexity index is 273. The van der Waals surface area contributed by atoms with Crippen molar-refractivity contribution in [2.45, 2.75) is 6.92 Å². The van der Waals surface area contributed by atoms with Gasteiger partial charge in [-0.3, -0.25) is 0 Å². The third-order valence-corrected chi connectivity index (χ3v) is 3.01. The summed E-state index contributed by atoms with van der Waals surface area (Å²) >= 11 is 6.87. The molecule has 0 radical (unpaired) electrons. The Labute approximate surface area is 90.0 Å². The molecule has 0 heterocycles. The number of alkyl halides is 1. The van der Waals surface area contributed by atoms with Crippen LogP contribution in [0.4, 0.5) is 5.69 Å². The first-order chi connectivity index (χ1) is 5.65. The largest absolute Gasteiger partial charge is 0.364 e. The SMILES string of the molecule is Cc1ccc(Br)cc1N(C)CBr. The van der Waals surface area contributed by atoms with Crippen LogP contribution in [0.1, 0.15) is 5.56 Å². The monoisotopic (exact) mass is 291 g/mol. The molecule has 1 nitrogen and oxygen atoms in total. The molecule has 1 aromatic rings. The fraction of sp³-hybridized carbons (Fsp3) is 0.333. The molecule has 0 spiro atoms. The topological polar surface area (TPSA) is 3.24 Å². The molecule has 0 bridgehead atoms. The van der Waals surface area contributed by atoms with Gasteiger partial charge in [-0.05, 0) is 24.6 Å². The van der Waals surface area contributed by atoms with Gasteiger partial charge in [0.15, 0.2) is 0 Å². The van der Waals surface area contributed by atoms with Crippen molar-refractivity contribution in [1.82, 2.24) is 0 Å². The fourth-order valence-corrected chi connectivity index (χ4v) is 1.68. The fourth-order valence-electron chi connectivity index (χ4n) is 1.06. The Balaban J connectivity index is 3.04. The Morgan fingerprint density at radius 3 is 2.67 bits per heavy atom. The summed E-state index contributed by atoms with van der Waals surface area (Å²) in [5.41, 5.74) is 3.39. The molecule has 0 atom stereocenters. The maximum Gasteiger partial charge on any atom is 0.0732 e. The van der Waals surface area contributed by atoms with Crippen molar-refractivity contribution in [2.24, 2.45) is 0 Å². The number of aryl methyl sites for hydroxylation is 1. The first kappa shape index (κ1) is 10.1. The Hall–Kier alpha value is -0.0200. The molecule has 0 aromatic heterocycles. The molecule has 3 heteroatoms. The van der Waals surface area contributed by atoms with Gasteiger partial charge in [-0.25, -0.2) is 0 Å². The van der Waals surface area contributed by atoms with Crippen molar-refractivity contribution in [3.8, 4) is 0 Å². The second kappa shape index (κ2) is 4.28. The zero-order valence-electron chi connectivity index (χ0n) is 7.14. The van der Waals surface area contributed by atoms with Crippen molar-refractivity contribution >= 4 is 37.5 Å². The molecule has 66 valence electrons. The molecule has 0 saturated carbocycles. The van der Waals surface area contributed by atoms with Gasteiger partial charge in [0.2, 0.25) is 0 Å². The van der Waals surface area contributed by atoms with Crippen LogP contribution in [0.15, 0.2) is 22.7 Å². The highest BCUT2D eigenvalue weighted by Gasteiger charge is 2.02. The molecule has 0 fully saturated rings. The third kappa shape index (κ3) is 2.23. The van der Waals surface area contributed by atoms with Crippen LogP contribution >= 0.6 is 31.9 Å². The maximum absolute atomic E-state index is 3.45. The van der Waals surface area contributed by atoms with E-state index < -0.39 is 0 Å². The minimum atomic E-state index is 0.851. The predicted octanol–water partition coefficient (Wildman–Crippen LogP) is 3.55. The van der Waals surface area contributed by atoms with Gasteiger partial charge in [0.25, 0.3) is 0 Å². The van der Waals surface area contributed by atoms with Crippen molar-refractivity contribution < 1.29 is 0 Å². The molecule has 0 amide bonds. The van der Waals surface area contributed by atoms with Crippen LogP contribution in [-0.4, -0.2) is 12.5 Å². The molecular weight excluding hydrogens is 282 g/mol. The number of nitrogens with zero attached hydrogens (tertiary/aromatic N) is 1. The highest BCUT2D eigenvalue weighted by Crippen LogP contribution is 2.23. The third-order valence-electron chi connectivity index (χ3n) is 1.76. The zero-order valence-corrected chi connectivity index (χ0v) is 10.3. The Morgan fingerprint density at radius 1 is 1.42 bits per heavy atom. The number of rotatable bonds is 2. The summed E-state index contributed by atoms with van der Waals surface area (Å²) in [6.45, 7) is 2.11. The molecule has 1 aromatic carbocycles. The van der Waals surface area contributed by atoms with Gasteiger partial charge in [-0.2, -0.15) is 0 Å². The summed E-state index contributed by atoms with van der Waals surface area (Å²) in [6.07, 6.45) is 0. The van der Waals surface area contributed by atoms with E-state index in [9.17, 15) is 0 Å². The lowest BCUT2D eigenvalue weighted by Gasteiger charge is -2.18. The van der Waals surface area contributed by atoms with E-state index in [1.807, 2.05) is 0 Å². The van der Waals surface area contributed by atoms with E-state index in [4.69, 9.17) is 0 Å². The van der Waals surface area contributed by atoms with Crippen LogP contribution in [0.5, 0.6) is 0 Å². The molecule has 12 heavy (non-hydrogen) atoms. The van der Waals surface area contributed by atoms with E-state index in [0.29, 0.717) is 0 Å². The van der Waals surface area contributed by atoms with E-state index in [1.54, 1.807) is 0 Å². The summed E-state index contributed by atoms with van der Waals surface area (Å²) in [5.74, 6) is 0. The second-order valence-electron chi connectivity index (χ2n) is 2.75. The normalized spacial score (nSPS) is 10.0. The van der Waals surface area contributed by atoms with Gasteiger partial charge in [0, 0.05) is 17.2 Å². The first-order valence-electron chi connectivity index (χ1n) is 3.68. The highest BCUT2D eigenvalue weighted by atomic mass is 79.9. The van der Waals surface area contributed by atoms with Crippen LogP contribution in [0, 0.1) is 6.92 Å². The van der Waals surface area contributed by atoms with Crippen molar-refractivity contribution in [3.05, 3.63) is 28.2 Å².